The Balaban J connectivity index is 1.86. The van der Waals surface area contributed by atoms with Crippen LogP contribution in [0.3, 0.4) is 0 Å². The number of hydrogen-bond acceptors (Lipinski definition) is 2. The molecule has 1 aliphatic carbocycles. The van der Waals surface area contributed by atoms with Gasteiger partial charge in [0.15, 0.2) is 0 Å². The molecule has 0 bridgehead atoms. The van der Waals surface area contributed by atoms with E-state index in [0.29, 0.717) is 6.04 Å². The van der Waals surface area contributed by atoms with Crippen molar-refractivity contribution in [2.45, 2.75) is 51.2 Å². The maximum absolute atomic E-state index is 5.91. The van der Waals surface area contributed by atoms with Gasteiger partial charge in [0, 0.05) is 12.6 Å². The van der Waals surface area contributed by atoms with E-state index in [9.17, 15) is 0 Å². The van der Waals surface area contributed by atoms with Crippen molar-refractivity contribution >= 4 is 0 Å². The summed E-state index contributed by atoms with van der Waals surface area (Å²) in [4.78, 5) is 0. The summed E-state index contributed by atoms with van der Waals surface area (Å²) in [5.41, 5.74) is 0.282. The highest BCUT2D eigenvalue weighted by Gasteiger charge is 2.46. The van der Waals surface area contributed by atoms with Crippen LogP contribution in [0.2, 0.25) is 0 Å². The van der Waals surface area contributed by atoms with Crippen LogP contribution >= 0.6 is 0 Å². The van der Waals surface area contributed by atoms with E-state index in [1.165, 1.54) is 25.7 Å². The second kappa shape index (κ2) is 3.58. The predicted molar refractivity (Wildman–Crippen MR) is 53.8 cm³/mol. The average molecular weight is 183 g/mol. The molecule has 1 unspecified atom stereocenters. The number of ether oxygens (including phenoxy) is 1. The molecule has 1 spiro atoms. The van der Waals surface area contributed by atoms with Crippen molar-refractivity contribution in [2.75, 3.05) is 13.2 Å². The predicted octanol–water partition coefficient (Wildman–Crippen LogP) is 1.94. The lowest BCUT2D eigenvalue weighted by Crippen LogP contribution is -2.53. The molecule has 0 aromatic carbocycles. The van der Waals surface area contributed by atoms with Crippen LogP contribution in [0.1, 0.15) is 39.5 Å². The van der Waals surface area contributed by atoms with Gasteiger partial charge in [-0.25, -0.2) is 0 Å². The van der Waals surface area contributed by atoms with E-state index in [1.54, 1.807) is 0 Å². The van der Waals surface area contributed by atoms with Gasteiger partial charge in [0.25, 0.3) is 0 Å². The van der Waals surface area contributed by atoms with Gasteiger partial charge in [0.05, 0.1) is 5.60 Å². The second-order valence-electron chi connectivity index (χ2n) is 4.79. The van der Waals surface area contributed by atoms with Gasteiger partial charge in [0.1, 0.15) is 0 Å². The quantitative estimate of drug-likeness (QED) is 0.706. The SMILES string of the molecule is CCNC1CCOC2(CC(C)C2)C1. The molecule has 0 aromatic rings. The van der Waals surface area contributed by atoms with E-state index in [1.807, 2.05) is 0 Å². The molecular weight excluding hydrogens is 162 g/mol. The Kier molecular flexibility index (Phi) is 2.61. The lowest BCUT2D eigenvalue weighted by Gasteiger charge is -2.50. The van der Waals surface area contributed by atoms with Crippen molar-refractivity contribution in [3.63, 3.8) is 0 Å². The van der Waals surface area contributed by atoms with E-state index in [2.05, 4.69) is 19.2 Å². The molecule has 1 aliphatic heterocycles. The first-order chi connectivity index (χ1) is 6.24. The van der Waals surface area contributed by atoms with Gasteiger partial charge in [-0.05, 0) is 38.1 Å². The van der Waals surface area contributed by atoms with Crippen LogP contribution in [0.5, 0.6) is 0 Å². The normalized spacial score (nSPS) is 44.8. The zero-order chi connectivity index (χ0) is 9.31. The lowest BCUT2D eigenvalue weighted by atomic mass is 9.67. The molecule has 0 aromatic heterocycles. The first kappa shape index (κ1) is 9.47. The Morgan fingerprint density at radius 1 is 1.38 bits per heavy atom. The summed E-state index contributed by atoms with van der Waals surface area (Å²) in [6, 6.07) is 0.714. The molecular formula is C11H21NO. The Labute approximate surface area is 81.0 Å². The van der Waals surface area contributed by atoms with E-state index >= 15 is 0 Å². The minimum absolute atomic E-state index is 0.282. The highest BCUT2D eigenvalue weighted by Crippen LogP contribution is 2.45. The Morgan fingerprint density at radius 2 is 2.15 bits per heavy atom. The number of hydrogen-bond donors (Lipinski definition) is 1. The maximum atomic E-state index is 5.91. The highest BCUT2D eigenvalue weighted by molar-refractivity contribution is 4.99. The van der Waals surface area contributed by atoms with Crippen LogP contribution in [0, 0.1) is 5.92 Å². The Bertz CT molecular complexity index is 167. The third kappa shape index (κ3) is 1.89. The van der Waals surface area contributed by atoms with Gasteiger partial charge in [-0.3, -0.25) is 0 Å². The third-order valence-electron chi connectivity index (χ3n) is 3.43. The summed E-state index contributed by atoms with van der Waals surface area (Å²) in [6.07, 6.45) is 5.01. The summed E-state index contributed by atoms with van der Waals surface area (Å²) >= 11 is 0. The zero-order valence-corrected chi connectivity index (χ0v) is 8.81. The smallest absolute Gasteiger partial charge is 0.0702 e. The van der Waals surface area contributed by atoms with Crippen LogP contribution in [-0.4, -0.2) is 24.8 Å². The largest absolute Gasteiger partial charge is 0.375 e. The molecule has 0 amide bonds. The van der Waals surface area contributed by atoms with Gasteiger partial charge in [-0.1, -0.05) is 13.8 Å². The van der Waals surface area contributed by atoms with Gasteiger partial charge in [-0.15, -0.1) is 0 Å². The molecule has 76 valence electrons. The van der Waals surface area contributed by atoms with Gasteiger partial charge in [0.2, 0.25) is 0 Å². The van der Waals surface area contributed by atoms with E-state index in [-0.39, 0.29) is 5.60 Å². The van der Waals surface area contributed by atoms with Crippen LogP contribution in [0.25, 0.3) is 0 Å². The first-order valence-corrected chi connectivity index (χ1v) is 5.61. The molecule has 1 saturated heterocycles. The zero-order valence-electron chi connectivity index (χ0n) is 8.81. The third-order valence-corrected chi connectivity index (χ3v) is 3.43. The Hall–Kier alpha value is -0.0800. The van der Waals surface area contributed by atoms with Crippen molar-refractivity contribution in [1.29, 1.82) is 0 Å². The molecule has 2 heteroatoms. The molecule has 2 nitrogen and oxygen atoms in total. The maximum Gasteiger partial charge on any atom is 0.0702 e. The van der Waals surface area contributed by atoms with Crippen LogP contribution < -0.4 is 5.32 Å². The summed E-state index contributed by atoms with van der Waals surface area (Å²) in [5.74, 6) is 0.889. The highest BCUT2D eigenvalue weighted by atomic mass is 16.5. The van der Waals surface area contributed by atoms with Crippen molar-refractivity contribution in [2.24, 2.45) is 5.92 Å². The van der Waals surface area contributed by atoms with Crippen molar-refractivity contribution in [3.8, 4) is 0 Å². The number of rotatable bonds is 2. The summed E-state index contributed by atoms with van der Waals surface area (Å²) in [6.45, 7) is 6.57. The topological polar surface area (TPSA) is 21.3 Å². The standard InChI is InChI=1S/C11H21NO/c1-3-12-10-4-5-13-11(8-10)6-9(2)7-11/h9-10,12H,3-8H2,1-2H3. The molecule has 13 heavy (non-hydrogen) atoms. The van der Waals surface area contributed by atoms with Crippen molar-refractivity contribution in [3.05, 3.63) is 0 Å². The molecule has 1 N–H and O–H groups in total. The first-order valence-electron chi connectivity index (χ1n) is 5.61. The van der Waals surface area contributed by atoms with Crippen LogP contribution in [0.4, 0.5) is 0 Å². The second-order valence-corrected chi connectivity index (χ2v) is 4.79. The van der Waals surface area contributed by atoms with Gasteiger partial charge in [-0.2, -0.15) is 0 Å². The molecule has 0 radical (unpaired) electrons. The van der Waals surface area contributed by atoms with Crippen LogP contribution in [-0.2, 0) is 4.74 Å². The molecule has 1 heterocycles. The fourth-order valence-electron chi connectivity index (χ4n) is 2.99. The van der Waals surface area contributed by atoms with E-state index in [0.717, 1.165) is 19.1 Å². The fourth-order valence-corrected chi connectivity index (χ4v) is 2.99. The molecule has 1 atom stereocenters. The van der Waals surface area contributed by atoms with E-state index in [4.69, 9.17) is 4.74 Å². The van der Waals surface area contributed by atoms with Crippen molar-refractivity contribution in [1.82, 2.24) is 5.32 Å². The molecule has 2 rings (SSSR count). The summed E-state index contributed by atoms with van der Waals surface area (Å²) in [5, 5.41) is 3.54. The monoisotopic (exact) mass is 183 g/mol. The van der Waals surface area contributed by atoms with Crippen LogP contribution in [0.15, 0.2) is 0 Å². The molecule has 2 fully saturated rings. The van der Waals surface area contributed by atoms with Crippen molar-refractivity contribution < 1.29 is 4.74 Å². The minimum atomic E-state index is 0.282. The molecule has 2 aliphatic rings. The molecule has 1 saturated carbocycles. The summed E-state index contributed by atoms with van der Waals surface area (Å²) < 4.78 is 5.91. The minimum Gasteiger partial charge on any atom is -0.375 e. The van der Waals surface area contributed by atoms with Gasteiger partial charge < -0.3 is 10.1 Å². The summed E-state index contributed by atoms with van der Waals surface area (Å²) in [7, 11) is 0. The average Bonchev–Trinajstić information content (AvgIpc) is 2.03. The fraction of sp³-hybridized carbons (Fsp3) is 1.00. The van der Waals surface area contributed by atoms with E-state index < -0.39 is 0 Å². The van der Waals surface area contributed by atoms with Gasteiger partial charge >= 0.3 is 0 Å². The number of nitrogens with one attached hydrogen (secondary N) is 1. The lowest BCUT2D eigenvalue weighted by molar-refractivity contribution is -0.156. The Morgan fingerprint density at radius 3 is 2.77 bits per heavy atom.